The predicted molar refractivity (Wildman–Crippen MR) is 118 cm³/mol. The average molecular weight is 443 g/mol. The van der Waals surface area contributed by atoms with Crippen molar-refractivity contribution >= 4 is 21.9 Å². The number of unbranched alkanes of at least 4 members (excludes halogenated alkanes) is 1. The fraction of sp³-hybridized carbons (Fsp3) is 0.318. The number of benzene rings is 2. The molecule has 3 rings (SSSR count). The van der Waals surface area contributed by atoms with Crippen molar-refractivity contribution in [2.24, 2.45) is 0 Å². The minimum atomic E-state index is -3.59. The first-order chi connectivity index (χ1) is 14.7. The zero-order chi connectivity index (χ0) is 22.6. The van der Waals surface area contributed by atoms with E-state index in [-0.39, 0.29) is 16.5 Å². The molecule has 0 radical (unpaired) electrons. The minimum absolute atomic E-state index is 0.0323. The molecule has 8 nitrogen and oxygen atoms in total. The van der Waals surface area contributed by atoms with Gasteiger partial charge in [-0.25, -0.2) is 12.7 Å². The molecule has 0 aliphatic rings. The Hall–Kier alpha value is -3.04. The maximum absolute atomic E-state index is 12.6. The van der Waals surface area contributed by atoms with Gasteiger partial charge in [0.1, 0.15) is 0 Å². The summed E-state index contributed by atoms with van der Waals surface area (Å²) in [6.07, 6.45) is 1.68. The van der Waals surface area contributed by atoms with Gasteiger partial charge in [-0.1, -0.05) is 35.6 Å². The third kappa shape index (κ3) is 5.36. The molecule has 0 atom stereocenters. The van der Waals surface area contributed by atoms with Gasteiger partial charge in [-0.3, -0.25) is 10.1 Å². The maximum Gasteiger partial charge on any atom is 0.322 e. The zero-order valence-electron chi connectivity index (χ0n) is 18.0. The van der Waals surface area contributed by atoms with Crippen LogP contribution in [0.1, 0.15) is 41.3 Å². The van der Waals surface area contributed by atoms with E-state index >= 15 is 0 Å². The summed E-state index contributed by atoms with van der Waals surface area (Å²) >= 11 is 0. The second kappa shape index (κ2) is 9.40. The summed E-state index contributed by atoms with van der Waals surface area (Å²) in [4.78, 5) is 12.6. The number of rotatable bonds is 8. The number of amides is 1. The van der Waals surface area contributed by atoms with Crippen molar-refractivity contribution in [3.8, 4) is 11.5 Å². The van der Waals surface area contributed by atoms with Crippen molar-refractivity contribution < 1.29 is 17.6 Å². The largest absolute Gasteiger partial charge is 0.403 e. The summed E-state index contributed by atoms with van der Waals surface area (Å²) in [6, 6.07) is 11.6. The van der Waals surface area contributed by atoms with E-state index in [1.165, 1.54) is 28.6 Å². The summed E-state index contributed by atoms with van der Waals surface area (Å²) in [6.45, 7) is 6.39. The first-order valence-corrected chi connectivity index (χ1v) is 11.4. The summed E-state index contributed by atoms with van der Waals surface area (Å²) in [5, 5.41) is 10.4. The number of sulfonamides is 1. The summed E-state index contributed by atoms with van der Waals surface area (Å²) in [7, 11) is -2.04. The molecule has 0 saturated heterocycles. The van der Waals surface area contributed by atoms with Crippen LogP contribution in [0.5, 0.6) is 0 Å². The average Bonchev–Trinajstić information content (AvgIpc) is 3.19. The number of aryl methyl sites for hydroxylation is 2. The van der Waals surface area contributed by atoms with Crippen LogP contribution < -0.4 is 5.32 Å². The monoisotopic (exact) mass is 442 g/mol. The molecule has 1 aromatic heterocycles. The van der Waals surface area contributed by atoms with Gasteiger partial charge in [0.2, 0.25) is 15.9 Å². The second-order valence-corrected chi connectivity index (χ2v) is 9.49. The van der Waals surface area contributed by atoms with Crippen LogP contribution in [0, 0.1) is 13.8 Å². The highest BCUT2D eigenvalue weighted by molar-refractivity contribution is 7.89. The van der Waals surface area contributed by atoms with Crippen molar-refractivity contribution in [3.05, 3.63) is 59.2 Å². The van der Waals surface area contributed by atoms with Crippen LogP contribution in [-0.4, -0.2) is 42.4 Å². The quantitative estimate of drug-likeness (QED) is 0.565. The number of carbonyl (C=O) groups excluding carboxylic acids is 1. The van der Waals surface area contributed by atoms with Gasteiger partial charge in [0.15, 0.2) is 0 Å². The molecule has 0 saturated carbocycles. The second-order valence-electron chi connectivity index (χ2n) is 7.45. The Bertz CT molecular complexity index is 1150. The van der Waals surface area contributed by atoms with E-state index < -0.39 is 15.9 Å². The Labute approximate surface area is 182 Å². The molecule has 0 fully saturated rings. The van der Waals surface area contributed by atoms with Gasteiger partial charge >= 0.3 is 6.01 Å². The Morgan fingerprint density at radius 2 is 1.71 bits per heavy atom. The number of aromatic nitrogens is 2. The molecule has 0 unspecified atom stereocenters. The molecular formula is C22H26N4O4S. The van der Waals surface area contributed by atoms with Gasteiger partial charge in [-0.15, -0.1) is 5.10 Å². The van der Waals surface area contributed by atoms with Gasteiger partial charge in [0.05, 0.1) is 4.90 Å². The normalized spacial score (nSPS) is 11.6. The van der Waals surface area contributed by atoms with Crippen LogP contribution in [0.25, 0.3) is 11.5 Å². The van der Waals surface area contributed by atoms with Gasteiger partial charge in [0, 0.05) is 24.7 Å². The highest BCUT2D eigenvalue weighted by Gasteiger charge is 2.21. The van der Waals surface area contributed by atoms with E-state index in [2.05, 4.69) is 15.5 Å². The standard InChI is InChI=1S/C22H26N4O4S/c1-5-6-11-26(4)31(28,29)19-9-7-17(8-10-19)20(27)23-22-25-24-21(30-22)18-13-15(2)12-16(3)14-18/h7-10,12-14H,5-6,11H2,1-4H3,(H,23,25,27). The Balaban J connectivity index is 1.71. The first kappa shape index (κ1) is 22.6. The number of nitrogens with one attached hydrogen (secondary N) is 1. The molecule has 0 spiro atoms. The van der Waals surface area contributed by atoms with E-state index in [0.29, 0.717) is 12.4 Å². The number of hydrogen-bond acceptors (Lipinski definition) is 6. The van der Waals surface area contributed by atoms with Crippen LogP contribution in [0.3, 0.4) is 0 Å². The number of nitrogens with zero attached hydrogens (tertiary/aromatic N) is 3. The molecule has 1 amide bonds. The van der Waals surface area contributed by atoms with Crippen LogP contribution >= 0.6 is 0 Å². The number of carbonyl (C=O) groups is 1. The van der Waals surface area contributed by atoms with Crippen LogP contribution in [0.2, 0.25) is 0 Å². The van der Waals surface area contributed by atoms with Crippen molar-refractivity contribution in [1.82, 2.24) is 14.5 Å². The predicted octanol–water partition coefficient (Wildman–Crippen LogP) is 4.03. The van der Waals surface area contributed by atoms with Gasteiger partial charge < -0.3 is 4.42 Å². The highest BCUT2D eigenvalue weighted by atomic mass is 32.2. The van der Waals surface area contributed by atoms with E-state index in [4.69, 9.17) is 4.42 Å². The molecule has 3 aromatic rings. The minimum Gasteiger partial charge on any atom is -0.403 e. The number of anilines is 1. The molecule has 2 aromatic carbocycles. The molecule has 0 aliphatic heterocycles. The van der Waals surface area contributed by atoms with E-state index in [0.717, 1.165) is 29.5 Å². The van der Waals surface area contributed by atoms with Crippen molar-refractivity contribution in [2.75, 3.05) is 18.9 Å². The summed E-state index contributed by atoms with van der Waals surface area (Å²) in [5.74, 6) is -0.169. The Morgan fingerprint density at radius 1 is 1.06 bits per heavy atom. The van der Waals surface area contributed by atoms with Crippen molar-refractivity contribution in [2.45, 2.75) is 38.5 Å². The third-order valence-electron chi connectivity index (χ3n) is 4.77. The highest BCUT2D eigenvalue weighted by Crippen LogP contribution is 2.23. The lowest BCUT2D eigenvalue weighted by Crippen LogP contribution is -2.28. The topological polar surface area (TPSA) is 105 Å². The van der Waals surface area contributed by atoms with Crippen molar-refractivity contribution in [1.29, 1.82) is 0 Å². The van der Waals surface area contributed by atoms with Crippen molar-refractivity contribution in [3.63, 3.8) is 0 Å². The molecule has 9 heteroatoms. The third-order valence-corrected chi connectivity index (χ3v) is 6.64. The fourth-order valence-electron chi connectivity index (χ4n) is 3.12. The van der Waals surface area contributed by atoms with Gasteiger partial charge in [-0.2, -0.15) is 0 Å². The van der Waals surface area contributed by atoms with E-state index in [1.807, 2.05) is 39.0 Å². The smallest absolute Gasteiger partial charge is 0.322 e. The molecule has 1 N–H and O–H groups in total. The first-order valence-electron chi connectivity index (χ1n) is 10.0. The molecule has 1 heterocycles. The molecule has 0 bridgehead atoms. The Morgan fingerprint density at radius 3 is 2.32 bits per heavy atom. The molecule has 0 aliphatic carbocycles. The van der Waals surface area contributed by atoms with Crippen LogP contribution in [0.15, 0.2) is 51.8 Å². The van der Waals surface area contributed by atoms with Crippen LogP contribution in [0.4, 0.5) is 6.01 Å². The summed E-state index contributed by atoms with van der Waals surface area (Å²) in [5.41, 5.74) is 3.18. The van der Waals surface area contributed by atoms with E-state index in [9.17, 15) is 13.2 Å². The molecular weight excluding hydrogens is 416 g/mol. The lowest BCUT2D eigenvalue weighted by Gasteiger charge is -2.16. The molecule has 164 valence electrons. The SMILES string of the molecule is CCCCN(C)S(=O)(=O)c1ccc(C(=O)Nc2nnc(-c3cc(C)cc(C)c3)o2)cc1. The number of hydrogen-bond donors (Lipinski definition) is 1. The lowest BCUT2D eigenvalue weighted by molar-refractivity contribution is 0.102. The lowest BCUT2D eigenvalue weighted by atomic mass is 10.1. The van der Waals surface area contributed by atoms with Crippen LogP contribution in [-0.2, 0) is 10.0 Å². The molecule has 31 heavy (non-hydrogen) atoms. The van der Waals surface area contributed by atoms with Gasteiger partial charge in [0.25, 0.3) is 5.91 Å². The Kier molecular flexibility index (Phi) is 6.87. The van der Waals surface area contributed by atoms with E-state index in [1.54, 1.807) is 7.05 Å². The maximum atomic E-state index is 12.6. The summed E-state index contributed by atoms with van der Waals surface area (Å²) < 4.78 is 32.1. The fourth-order valence-corrected chi connectivity index (χ4v) is 4.33. The zero-order valence-corrected chi connectivity index (χ0v) is 18.9. The van der Waals surface area contributed by atoms with Gasteiger partial charge in [-0.05, 0) is 56.7 Å².